The minimum Gasteiger partial charge on any atom is -0.496 e. The lowest BCUT2D eigenvalue weighted by atomic mass is 10.0. The van der Waals surface area contributed by atoms with Gasteiger partial charge in [0.1, 0.15) is 5.75 Å². The number of hydrogen-bond donors (Lipinski definition) is 2. The Kier molecular flexibility index (Phi) is 7.09. The van der Waals surface area contributed by atoms with E-state index in [2.05, 4.69) is 10.0 Å². The molecule has 0 unspecified atom stereocenters. The third-order valence-electron chi connectivity index (χ3n) is 4.59. The van der Waals surface area contributed by atoms with Crippen molar-refractivity contribution in [3.63, 3.8) is 0 Å². The smallest absolute Gasteiger partial charge is 0.255 e. The van der Waals surface area contributed by atoms with Crippen LogP contribution in [0.1, 0.15) is 35.3 Å². The molecular formula is C24H26N2O4S. The summed E-state index contributed by atoms with van der Waals surface area (Å²) in [5.41, 5.74) is 3.09. The fraction of sp³-hybridized carbons (Fsp3) is 0.208. The Morgan fingerprint density at radius 1 is 0.968 bits per heavy atom. The van der Waals surface area contributed by atoms with Gasteiger partial charge in [-0.1, -0.05) is 30.3 Å². The zero-order chi connectivity index (χ0) is 22.4. The lowest BCUT2D eigenvalue weighted by molar-refractivity contribution is 0.102. The summed E-state index contributed by atoms with van der Waals surface area (Å²) < 4.78 is 32.5. The maximum Gasteiger partial charge on any atom is 0.255 e. The molecule has 0 saturated carbocycles. The number of rotatable bonds is 8. The van der Waals surface area contributed by atoms with Gasteiger partial charge in [-0.2, -0.15) is 0 Å². The third-order valence-corrected chi connectivity index (χ3v) is 6.27. The first-order chi connectivity index (χ1) is 14.8. The van der Waals surface area contributed by atoms with E-state index in [4.69, 9.17) is 4.74 Å². The van der Waals surface area contributed by atoms with Crippen LogP contribution in [0.5, 0.6) is 5.75 Å². The number of hydrogen-bond acceptors (Lipinski definition) is 4. The first-order valence-electron chi connectivity index (χ1n) is 9.93. The topological polar surface area (TPSA) is 84.5 Å². The van der Waals surface area contributed by atoms with Crippen molar-refractivity contribution in [2.24, 2.45) is 0 Å². The maximum absolute atomic E-state index is 12.7. The number of methoxy groups -OCH3 is 1. The summed E-state index contributed by atoms with van der Waals surface area (Å²) in [6, 6.07) is 21.1. The van der Waals surface area contributed by atoms with Crippen LogP contribution in [0, 0.1) is 0 Å². The average Bonchev–Trinajstić information content (AvgIpc) is 2.74. The van der Waals surface area contributed by atoms with Crippen LogP contribution >= 0.6 is 0 Å². The number of benzene rings is 3. The molecule has 31 heavy (non-hydrogen) atoms. The third kappa shape index (κ3) is 5.93. The maximum atomic E-state index is 12.7. The number of carbonyl (C=O) groups excluding carboxylic acids is 1. The van der Waals surface area contributed by atoms with Crippen LogP contribution < -0.4 is 14.8 Å². The molecule has 0 radical (unpaired) electrons. The number of ether oxygens (including phenoxy) is 1. The minimum absolute atomic E-state index is 0.118. The molecule has 1 amide bonds. The number of amides is 1. The normalized spacial score (nSPS) is 11.4. The Balaban J connectivity index is 1.76. The van der Waals surface area contributed by atoms with E-state index >= 15 is 0 Å². The minimum atomic E-state index is -3.60. The zero-order valence-corrected chi connectivity index (χ0v) is 18.6. The lowest BCUT2D eigenvalue weighted by Gasteiger charge is -2.13. The second-order valence-corrected chi connectivity index (χ2v) is 9.16. The summed E-state index contributed by atoms with van der Waals surface area (Å²) >= 11 is 0. The van der Waals surface area contributed by atoms with Gasteiger partial charge < -0.3 is 10.1 Å². The van der Waals surface area contributed by atoms with Crippen LogP contribution in [-0.2, 0) is 16.4 Å². The molecular weight excluding hydrogens is 412 g/mol. The van der Waals surface area contributed by atoms with Gasteiger partial charge in [0, 0.05) is 29.3 Å². The molecule has 0 aliphatic carbocycles. The number of carbonyl (C=O) groups is 1. The molecule has 3 rings (SSSR count). The summed E-state index contributed by atoms with van der Waals surface area (Å²) in [5.74, 6) is 0.422. The van der Waals surface area contributed by atoms with Crippen molar-refractivity contribution in [2.45, 2.75) is 31.2 Å². The number of nitrogens with one attached hydrogen (secondary N) is 2. The Morgan fingerprint density at radius 2 is 1.65 bits per heavy atom. The van der Waals surface area contributed by atoms with E-state index < -0.39 is 10.0 Å². The van der Waals surface area contributed by atoms with E-state index in [9.17, 15) is 13.2 Å². The predicted octanol–water partition coefficient (Wildman–Crippen LogP) is 4.23. The zero-order valence-electron chi connectivity index (χ0n) is 17.8. The lowest BCUT2D eigenvalue weighted by Crippen LogP contribution is -2.30. The first kappa shape index (κ1) is 22.5. The van der Waals surface area contributed by atoms with Crippen LogP contribution in [0.3, 0.4) is 0 Å². The van der Waals surface area contributed by atoms with Gasteiger partial charge in [0.25, 0.3) is 5.91 Å². The Labute approximate surface area is 183 Å². The largest absolute Gasteiger partial charge is 0.496 e. The average molecular weight is 439 g/mol. The second-order valence-electron chi connectivity index (χ2n) is 7.44. The van der Waals surface area contributed by atoms with Crippen LogP contribution in [0.15, 0.2) is 77.7 Å². The van der Waals surface area contributed by atoms with Crippen molar-refractivity contribution in [1.82, 2.24) is 4.72 Å². The summed E-state index contributed by atoms with van der Waals surface area (Å²) in [4.78, 5) is 12.8. The molecule has 0 spiro atoms. The van der Waals surface area contributed by atoms with Gasteiger partial charge in [-0.25, -0.2) is 13.1 Å². The highest BCUT2D eigenvalue weighted by Gasteiger charge is 2.16. The highest BCUT2D eigenvalue weighted by atomic mass is 32.2. The van der Waals surface area contributed by atoms with Gasteiger partial charge >= 0.3 is 0 Å². The summed E-state index contributed by atoms with van der Waals surface area (Å²) in [5, 5.41) is 2.87. The molecule has 0 aromatic heterocycles. The molecule has 0 aliphatic heterocycles. The molecule has 3 aromatic carbocycles. The van der Waals surface area contributed by atoms with Crippen LogP contribution in [0.2, 0.25) is 0 Å². The van der Waals surface area contributed by atoms with E-state index in [1.807, 2.05) is 42.5 Å². The van der Waals surface area contributed by atoms with Gasteiger partial charge in [-0.05, 0) is 61.9 Å². The highest BCUT2D eigenvalue weighted by molar-refractivity contribution is 7.89. The van der Waals surface area contributed by atoms with E-state index in [1.165, 1.54) is 24.3 Å². The fourth-order valence-electron chi connectivity index (χ4n) is 3.18. The molecule has 0 bridgehead atoms. The van der Waals surface area contributed by atoms with Gasteiger partial charge in [-0.15, -0.1) is 0 Å². The molecule has 0 atom stereocenters. The van der Waals surface area contributed by atoms with Gasteiger partial charge in [0.15, 0.2) is 0 Å². The standard InChI is InChI=1S/C24H26N2O4S/c1-17(2)26-31(28,29)22-12-9-19(10-13-22)24(27)25-21-11-14-23(30-3)20(16-21)15-18-7-5-4-6-8-18/h4-14,16-17,26H,15H2,1-3H3,(H,25,27). The monoisotopic (exact) mass is 438 g/mol. The molecule has 162 valence electrons. The summed E-state index contributed by atoms with van der Waals surface area (Å²) in [6.07, 6.45) is 0.670. The molecule has 0 aliphatic rings. The molecule has 7 heteroatoms. The van der Waals surface area contributed by atoms with Crippen molar-refractivity contribution in [2.75, 3.05) is 12.4 Å². The van der Waals surface area contributed by atoms with E-state index in [1.54, 1.807) is 27.0 Å². The number of anilines is 1. The quantitative estimate of drug-likeness (QED) is 0.551. The van der Waals surface area contributed by atoms with Gasteiger partial charge in [0.05, 0.1) is 12.0 Å². The molecule has 3 aromatic rings. The second kappa shape index (κ2) is 9.76. The van der Waals surface area contributed by atoms with Crippen LogP contribution in [0.4, 0.5) is 5.69 Å². The first-order valence-corrected chi connectivity index (χ1v) is 11.4. The van der Waals surface area contributed by atoms with Crippen molar-refractivity contribution in [1.29, 1.82) is 0 Å². The van der Waals surface area contributed by atoms with Crippen molar-refractivity contribution >= 4 is 21.6 Å². The Morgan fingerprint density at radius 3 is 2.26 bits per heavy atom. The fourth-order valence-corrected chi connectivity index (χ4v) is 4.43. The molecule has 2 N–H and O–H groups in total. The van der Waals surface area contributed by atoms with Gasteiger partial charge in [0.2, 0.25) is 10.0 Å². The summed E-state index contributed by atoms with van der Waals surface area (Å²) in [7, 11) is -1.98. The van der Waals surface area contributed by atoms with E-state index in [0.717, 1.165) is 16.9 Å². The van der Waals surface area contributed by atoms with Crippen molar-refractivity contribution in [3.05, 3.63) is 89.5 Å². The van der Waals surface area contributed by atoms with Crippen LogP contribution in [0.25, 0.3) is 0 Å². The SMILES string of the molecule is COc1ccc(NC(=O)c2ccc(S(=O)(=O)NC(C)C)cc2)cc1Cc1ccccc1. The number of sulfonamides is 1. The molecule has 0 saturated heterocycles. The molecule has 0 heterocycles. The molecule has 0 fully saturated rings. The van der Waals surface area contributed by atoms with Crippen molar-refractivity contribution < 1.29 is 17.9 Å². The van der Waals surface area contributed by atoms with Crippen molar-refractivity contribution in [3.8, 4) is 5.75 Å². The van der Waals surface area contributed by atoms with E-state index in [0.29, 0.717) is 17.7 Å². The Bertz CT molecular complexity index is 1140. The predicted molar refractivity (Wildman–Crippen MR) is 122 cm³/mol. The molecule has 6 nitrogen and oxygen atoms in total. The Hall–Kier alpha value is -3.16. The van der Waals surface area contributed by atoms with Gasteiger partial charge in [-0.3, -0.25) is 4.79 Å². The highest BCUT2D eigenvalue weighted by Crippen LogP contribution is 2.26. The van der Waals surface area contributed by atoms with Crippen LogP contribution in [-0.4, -0.2) is 27.5 Å². The summed E-state index contributed by atoms with van der Waals surface area (Å²) in [6.45, 7) is 3.50. The van der Waals surface area contributed by atoms with E-state index in [-0.39, 0.29) is 16.8 Å².